The summed E-state index contributed by atoms with van der Waals surface area (Å²) in [5.41, 5.74) is -0.279. The topological polar surface area (TPSA) is 105 Å². The van der Waals surface area contributed by atoms with Crippen molar-refractivity contribution in [2.75, 3.05) is 36.5 Å². The Morgan fingerprint density at radius 2 is 2.18 bits per heavy atom. The average Bonchev–Trinajstić information content (AvgIpc) is 3.51. The zero-order chi connectivity index (χ0) is 23.5. The van der Waals surface area contributed by atoms with Gasteiger partial charge in [-0.3, -0.25) is 0 Å². The van der Waals surface area contributed by atoms with Gasteiger partial charge in [0, 0.05) is 18.9 Å². The number of carbonyl (C=O) groups is 1. The van der Waals surface area contributed by atoms with Crippen LogP contribution in [0.25, 0.3) is 0 Å². The Morgan fingerprint density at radius 3 is 2.85 bits per heavy atom. The van der Waals surface area contributed by atoms with Gasteiger partial charge in [0.25, 0.3) is 0 Å². The van der Waals surface area contributed by atoms with Crippen LogP contribution in [-0.2, 0) is 14.9 Å². The monoisotopic (exact) mass is 452 g/mol. The lowest BCUT2D eigenvalue weighted by Gasteiger charge is -2.35. The fourth-order valence-corrected chi connectivity index (χ4v) is 4.54. The van der Waals surface area contributed by atoms with Gasteiger partial charge in [0.15, 0.2) is 0 Å². The van der Waals surface area contributed by atoms with Crippen LogP contribution >= 0.6 is 0 Å². The van der Waals surface area contributed by atoms with Crippen molar-refractivity contribution in [1.82, 2.24) is 14.8 Å². The molecule has 2 fully saturated rings. The van der Waals surface area contributed by atoms with Gasteiger partial charge in [-0.1, -0.05) is 12.8 Å². The molecule has 1 atom stereocenters. The first kappa shape index (κ1) is 23.1. The van der Waals surface area contributed by atoms with Crippen molar-refractivity contribution in [3.63, 3.8) is 0 Å². The summed E-state index contributed by atoms with van der Waals surface area (Å²) >= 11 is 0. The van der Waals surface area contributed by atoms with Crippen LogP contribution in [-0.4, -0.2) is 58.8 Å². The van der Waals surface area contributed by atoms with Crippen LogP contribution in [0.15, 0.2) is 30.6 Å². The summed E-state index contributed by atoms with van der Waals surface area (Å²) < 4.78 is 12.4. The number of pyridine rings is 1. The number of nitriles is 1. The van der Waals surface area contributed by atoms with Crippen LogP contribution in [0.4, 0.5) is 16.4 Å². The van der Waals surface area contributed by atoms with Gasteiger partial charge in [0.1, 0.15) is 17.2 Å². The lowest BCUT2D eigenvalue weighted by molar-refractivity contribution is 0.0470. The zero-order valence-corrected chi connectivity index (χ0v) is 19.6. The van der Waals surface area contributed by atoms with Crippen molar-refractivity contribution in [1.29, 1.82) is 5.26 Å². The summed E-state index contributed by atoms with van der Waals surface area (Å²) in [5.74, 6) is 1.52. The highest BCUT2D eigenvalue weighted by Crippen LogP contribution is 2.42. The first-order chi connectivity index (χ1) is 15.8. The van der Waals surface area contributed by atoms with Gasteiger partial charge in [0.2, 0.25) is 0 Å². The van der Waals surface area contributed by atoms with Crippen LogP contribution in [0.5, 0.6) is 0 Å². The van der Waals surface area contributed by atoms with Gasteiger partial charge >= 0.3 is 6.09 Å². The second-order valence-corrected chi connectivity index (χ2v) is 9.55. The predicted octanol–water partition coefficient (Wildman–Crippen LogP) is 3.71. The summed E-state index contributed by atoms with van der Waals surface area (Å²) in [6.45, 7) is 8.20. The molecule has 3 heterocycles. The smallest absolute Gasteiger partial charge is 0.435 e. The third kappa shape index (κ3) is 5.11. The molecular formula is C24H32N6O3. The highest BCUT2D eigenvalue weighted by molar-refractivity contribution is 5.69. The fourth-order valence-electron chi connectivity index (χ4n) is 4.54. The predicted molar refractivity (Wildman–Crippen MR) is 124 cm³/mol. The van der Waals surface area contributed by atoms with E-state index in [0.717, 1.165) is 48.3 Å². The van der Waals surface area contributed by atoms with Crippen molar-refractivity contribution < 1.29 is 14.3 Å². The first-order valence-corrected chi connectivity index (χ1v) is 11.6. The molecule has 1 N–H and O–H groups in total. The van der Waals surface area contributed by atoms with Crippen LogP contribution in [0, 0.1) is 11.3 Å². The quantitative estimate of drug-likeness (QED) is 0.707. The van der Waals surface area contributed by atoms with E-state index in [-0.39, 0.29) is 6.04 Å². The Morgan fingerprint density at radius 1 is 1.39 bits per heavy atom. The molecule has 1 saturated heterocycles. The average molecular weight is 453 g/mol. The van der Waals surface area contributed by atoms with Gasteiger partial charge < -0.3 is 19.7 Å². The molecule has 2 aliphatic rings. The van der Waals surface area contributed by atoms with E-state index in [4.69, 9.17) is 14.5 Å². The van der Waals surface area contributed by atoms with Gasteiger partial charge in [-0.15, -0.1) is 0 Å². The first-order valence-electron chi connectivity index (χ1n) is 11.6. The number of aromatic nitrogens is 3. The fraction of sp³-hybridized carbons (Fsp3) is 0.583. The highest BCUT2D eigenvalue weighted by atomic mass is 16.6. The standard InChI is InChI=1S/C24H32N6O3/c1-18-15-32-12-11-29(18)21-14-19(24(16-25)7-4-5-8-24)13-20(28-21)26-17-23(2,3)33-22(31)30-10-6-9-27-30/h6,9-10,13-14,18H,4-5,7-8,11-12,15,17H2,1-3H3,(H,26,28)/t18-/m1/s1. The minimum Gasteiger partial charge on any atom is -0.440 e. The number of rotatable bonds is 6. The molecule has 4 rings (SSSR count). The molecule has 1 aliphatic carbocycles. The summed E-state index contributed by atoms with van der Waals surface area (Å²) in [5, 5.41) is 17.3. The van der Waals surface area contributed by atoms with Gasteiger partial charge in [-0.05, 0) is 57.4 Å². The lowest BCUT2D eigenvalue weighted by Crippen LogP contribution is -2.44. The molecule has 0 spiro atoms. The van der Waals surface area contributed by atoms with E-state index >= 15 is 0 Å². The van der Waals surface area contributed by atoms with E-state index in [1.807, 2.05) is 19.9 Å². The third-order valence-corrected chi connectivity index (χ3v) is 6.45. The van der Waals surface area contributed by atoms with Gasteiger partial charge in [0.05, 0.1) is 37.3 Å². The minimum atomic E-state index is -0.798. The van der Waals surface area contributed by atoms with E-state index in [1.54, 1.807) is 12.3 Å². The molecule has 2 aromatic heterocycles. The second kappa shape index (κ2) is 9.40. The Kier molecular flexibility index (Phi) is 6.56. The van der Waals surface area contributed by atoms with Crippen LogP contribution in [0.3, 0.4) is 0 Å². The number of hydrogen-bond acceptors (Lipinski definition) is 8. The summed E-state index contributed by atoms with van der Waals surface area (Å²) in [6.07, 6.45) is 6.37. The molecule has 0 unspecified atom stereocenters. The number of nitrogens with one attached hydrogen (secondary N) is 1. The number of hydrogen-bond donors (Lipinski definition) is 1. The molecule has 33 heavy (non-hydrogen) atoms. The zero-order valence-electron chi connectivity index (χ0n) is 19.6. The Hall–Kier alpha value is -3.12. The minimum absolute atomic E-state index is 0.197. The van der Waals surface area contributed by atoms with Gasteiger partial charge in [-0.2, -0.15) is 15.0 Å². The van der Waals surface area contributed by atoms with Crippen molar-refractivity contribution in [2.45, 2.75) is 63.5 Å². The molecule has 1 aliphatic heterocycles. The highest BCUT2D eigenvalue weighted by Gasteiger charge is 2.37. The van der Waals surface area contributed by atoms with Crippen LogP contribution in [0.2, 0.25) is 0 Å². The molecule has 1 saturated carbocycles. The summed E-state index contributed by atoms with van der Waals surface area (Å²) in [6, 6.07) is 8.52. The van der Waals surface area contributed by atoms with E-state index in [9.17, 15) is 10.1 Å². The Labute approximate surface area is 194 Å². The Bertz CT molecular complexity index is 1010. The maximum Gasteiger partial charge on any atom is 0.435 e. The van der Waals surface area contributed by atoms with E-state index in [2.05, 4.69) is 34.4 Å². The maximum atomic E-state index is 12.3. The van der Waals surface area contributed by atoms with Crippen molar-refractivity contribution in [3.8, 4) is 6.07 Å². The molecule has 0 radical (unpaired) electrons. The van der Waals surface area contributed by atoms with Crippen LogP contribution in [0.1, 0.15) is 52.0 Å². The van der Waals surface area contributed by atoms with E-state index in [0.29, 0.717) is 25.6 Å². The number of anilines is 2. The maximum absolute atomic E-state index is 12.3. The van der Waals surface area contributed by atoms with Crippen molar-refractivity contribution in [3.05, 3.63) is 36.2 Å². The molecule has 9 nitrogen and oxygen atoms in total. The molecule has 0 bridgehead atoms. The van der Waals surface area contributed by atoms with Crippen molar-refractivity contribution in [2.24, 2.45) is 0 Å². The molecular weight excluding hydrogens is 420 g/mol. The second-order valence-electron chi connectivity index (χ2n) is 9.55. The third-order valence-electron chi connectivity index (χ3n) is 6.45. The molecule has 0 aromatic carbocycles. The van der Waals surface area contributed by atoms with Crippen molar-refractivity contribution >= 4 is 17.7 Å². The molecule has 0 amide bonds. The molecule has 176 valence electrons. The Balaban J connectivity index is 1.57. The normalized spacial score (nSPS) is 20.3. The number of ether oxygens (including phenoxy) is 2. The SMILES string of the molecule is C[C@@H]1COCCN1c1cc(C2(C#N)CCCC2)cc(NCC(C)(C)OC(=O)n2cccn2)n1. The lowest BCUT2D eigenvalue weighted by atomic mass is 9.80. The van der Waals surface area contributed by atoms with E-state index in [1.165, 1.54) is 6.20 Å². The number of carbonyl (C=O) groups excluding carboxylic acids is 1. The molecule has 9 heteroatoms. The van der Waals surface area contributed by atoms with Gasteiger partial charge in [-0.25, -0.2) is 9.78 Å². The number of nitrogens with zero attached hydrogens (tertiary/aromatic N) is 5. The number of morpholine rings is 1. The van der Waals surface area contributed by atoms with Crippen LogP contribution < -0.4 is 10.2 Å². The largest absolute Gasteiger partial charge is 0.440 e. The summed E-state index contributed by atoms with van der Waals surface area (Å²) in [7, 11) is 0. The summed E-state index contributed by atoms with van der Waals surface area (Å²) in [4.78, 5) is 19.4. The van der Waals surface area contributed by atoms with E-state index < -0.39 is 17.1 Å². The molecule has 2 aromatic rings.